The van der Waals surface area contributed by atoms with Crippen LogP contribution in [0.4, 0.5) is 5.69 Å². The lowest BCUT2D eigenvalue weighted by Gasteiger charge is -2.34. The van der Waals surface area contributed by atoms with Crippen LogP contribution in [0.5, 0.6) is 5.75 Å². The van der Waals surface area contributed by atoms with E-state index in [0.29, 0.717) is 22.8 Å². The number of methoxy groups -OCH3 is 1. The summed E-state index contributed by atoms with van der Waals surface area (Å²) in [4.78, 5) is 29.5. The number of nitrogens with one attached hydrogen (secondary N) is 1. The molecule has 1 aliphatic carbocycles. The first-order valence-electron chi connectivity index (χ1n) is 14.7. The van der Waals surface area contributed by atoms with E-state index in [-0.39, 0.29) is 29.1 Å². The van der Waals surface area contributed by atoms with Crippen LogP contribution in [-0.2, 0) is 26.2 Å². The number of rotatable bonds is 12. The minimum atomic E-state index is -4.21. The molecule has 10 heteroatoms. The maximum absolute atomic E-state index is 14.3. The molecule has 0 saturated heterocycles. The molecule has 3 aromatic carbocycles. The summed E-state index contributed by atoms with van der Waals surface area (Å²) in [6.45, 7) is 3.21. The molecule has 1 fully saturated rings. The highest BCUT2D eigenvalue weighted by atomic mass is 35.5. The number of sulfonamides is 1. The number of hydrogen-bond donors (Lipinski definition) is 1. The number of carbonyl (C=O) groups is 2. The van der Waals surface area contributed by atoms with E-state index in [9.17, 15) is 18.0 Å². The summed E-state index contributed by atoms with van der Waals surface area (Å²) in [6, 6.07) is 19.5. The Hall–Kier alpha value is -3.56. The predicted octanol–water partition coefficient (Wildman–Crippen LogP) is 6.11. The second-order valence-corrected chi connectivity index (χ2v) is 13.1. The number of ether oxygens (including phenoxy) is 1. The van der Waals surface area contributed by atoms with E-state index in [1.54, 1.807) is 54.6 Å². The van der Waals surface area contributed by atoms with Crippen LogP contribution in [-0.4, -0.2) is 50.9 Å². The van der Waals surface area contributed by atoms with Crippen molar-refractivity contribution in [2.45, 2.75) is 75.9 Å². The maximum atomic E-state index is 14.3. The molecule has 43 heavy (non-hydrogen) atoms. The van der Waals surface area contributed by atoms with Gasteiger partial charge in [0.15, 0.2) is 0 Å². The number of amides is 2. The van der Waals surface area contributed by atoms with Gasteiger partial charge in [-0.25, -0.2) is 8.42 Å². The molecule has 0 heterocycles. The Morgan fingerprint density at radius 1 is 0.977 bits per heavy atom. The van der Waals surface area contributed by atoms with Crippen LogP contribution >= 0.6 is 11.6 Å². The molecule has 0 bridgehead atoms. The normalized spacial score (nSPS) is 14.5. The first-order chi connectivity index (χ1) is 20.6. The van der Waals surface area contributed by atoms with Crippen molar-refractivity contribution >= 4 is 39.1 Å². The number of carbonyl (C=O) groups excluding carboxylic acids is 2. The Morgan fingerprint density at radius 2 is 1.63 bits per heavy atom. The average Bonchev–Trinajstić information content (AvgIpc) is 3.01. The largest absolute Gasteiger partial charge is 0.495 e. The second-order valence-electron chi connectivity index (χ2n) is 10.9. The quantitative estimate of drug-likeness (QED) is 0.262. The minimum absolute atomic E-state index is 0.0385. The molecule has 1 saturated carbocycles. The topological polar surface area (TPSA) is 96.0 Å². The van der Waals surface area contributed by atoms with Crippen molar-refractivity contribution < 1.29 is 22.7 Å². The van der Waals surface area contributed by atoms with Gasteiger partial charge in [-0.05, 0) is 62.1 Å². The fraction of sp³-hybridized carbons (Fsp3) is 0.394. The van der Waals surface area contributed by atoms with Gasteiger partial charge >= 0.3 is 0 Å². The lowest BCUT2D eigenvalue weighted by Crippen LogP contribution is -2.54. The number of anilines is 1. The van der Waals surface area contributed by atoms with E-state index in [1.807, 2.05) is 19.9 Å². The monoisotopic (exact) mass is 625 g/mol. The molecule has 0 radical (unpaired) electrons. The zero-order valence-electron chi connectivity index (χ0n) is 25.0. The van der Waals surface area contributed by atoms with Gasteiger partial charge in [-0.2, -0.15) is 0 Å². The smallest absolute Gasteiger partial charge is 0.264 e. The van der Waals surface area contributed by atoms with E-state index in [1.165, 1.54) is 24.1 Å². The van der Waals surface area contributed by atoms with E-state index in [2.05, 4.69) is 5.32 Å². The summed E-state index contributed by atoms with van der Waals surface area (Å²) in [6.07, 6.45) is 5.39. The molecule has 3 aromatic rings. The average molecular weight is 626 g/mol. The molecule has 1 aliphatic rings. The number of nitrogens with zero attached hydrogens (tertiary/aromatic N) is 2. The van der Waals surface area contributed by atoms with Crippen LogP contribution in [0, 0.1) is 6.92 Å². The number of hydrogen-bond acceptors (Lipinski definition) is 5. The Kier molecular flexibility index (Phi) is 11.1. The Labute approximate surface area is 260 Å². The molecule has 0 aromatic heterocycles. The maximum Gasteiger partial charge on any atom is 0.264 e. The summed E-state index contributed by atoms with van der Waals surface area (Å²) >= 11 is 6.50. The molecule has 4 rings (SSSR count). The van der Waals surface area contributed by atoms with Crippen molar-refractivity contribution in [1.82, 2.24) is 10.2 Å². The molecular formula is C33H40ClN3O5S. The first kappa shape index (κ1) is 32.4. The third-order valence-electron chi connectivity index (χ3n) is 7.88. The van der Waals surface area contributed by atoms with E-state index >= 15 is 0 Å². The summed E-state index contributed by atoms with van der Waals surface area (Å²) in [7, 11) is -2.76. The highest BCUT2D eigenvalue weighted by Gasteiger charge is 2.35. The zero-order chi connectivity index (χ0) is 31.0. The van der Waals surface area contributed by atoms with Crippen LogP contribution < -0.4 is 14.4 Å². The molecular weight excluding hydrogens is 586 g/mol. The van der Waals surface area contributed by atoms with Crippen LogP contribution in [0.3, 0.4) is 0 Å². The SMILES string of the molecule is CCC(C(=O)NC1CCCCC1)N(Cc1ccccc1Cl)C(=O)CN(c1ccccc1OC)S(=O)(=O)c1ccc(C)cc1. The fourth-order valence-electron chi connectivity index (χ4n) is 5.46. The molecule has 1 unspecified atom stereocenters. The predicted molar refractivity (Wildman–Crippen MR) is 170 cm³/mol. The van der Waals surface area contributed by atoms with Crippen molar-refractivity contribution in [2.24, 2.45) is 0 Å². The lowest BCUT2D eigenvalue weighted by molar-refractivity contribution is -0.140. The molecule has 8 nitrogen and oxygen atoms in total. The molecule has 230 valence electrons. The van der Waals surface area contributed by atoms with Crippen molar-refractivity contribution in [3.63, 3.8) is 0 Å². The van der Waals surface area contributed by atoms with Gasteiger partial charge in [0.25, 0.3) is 10.0 Å². The number of benzene rings is 3. The van der Waals surface area contributed by atoms with Gasteiger partial charge in [-0.1, -0.05) is 85.8 Å². The van der Waals surface area contributed by atoms with Crippen molar-refractivity contribution in [3.8, 4) is 5.75 Å². The highest BCUT2D eigenvalue weighted by molar-refractivity contribution is 7.92. The van der Waals surface area contributed by atoms with E-state index < -0.39 is 28.5 Å². The number of para-hydroxylation sites is 2. The Balaban J connectivity index is 1.74. The molecule has 0 spiro atoms. The summed E-state index contributed by atoms with van der Waals surface area (Å²) < 4.78 is 34.8. The second kappa shape index (κ2) is 14.8. The van der Waals surface area contributed by atoms with Gasteiger partial charge in [0.2, 0.25) is 11.8 Å². The summed E-state index contributed by atoms with van der Waals surface area (Å²) in [5.74, 6) is -0.488. The Bertz CT molecular complexity index is 1510. The van der Waals surface area contributed by atoms with Gasteiger partial charge in [0, 0.05) is 17.6 Å². The molecule has 1 N–H and O–H groups in total. The highest BCUT2D eigenvalue weighted by Crippen LogP contribution is 2.33. The number of halogens is 1. The molecule has 1 atom stereocenters. The van der Waals surface area contributed by atoms with Gasteiger partial charge in [0.05, 0.1) is 17.7 Å². The zero-order valence-corrected chi connectivity index (χ0v) is 26.5. The standard InChI is InChI=1S/C33H40ClN3O5S/c1-4-29(33(39)35-26-13-6-5-7-14-26)36(22-25-12-8-9-15-28(25)34)32(38)23-37(30-16-10-11-17-31(30)42-3)43(40,41)27-20-18-24(2)19-21-27/h8-12,15-21,26,29H,4-7,13-14,22-23H2,1-3H3,(H,35,39). The first-order valence-corrected chi connectivity index (χ1v) is 16.5. The minimum Gasteiger partial charge on any atom is -0.495 e. The van der Waals surface area contributed by atoms with Crippen LogP contribution in [0.15, 0.2) is 77.7 Å². The van der Waals surface area contributed by atoms with Gasteiger partial charge in [0.1, 0.15) is 18.3 Å². The van der Waals surface area contributed by atoms with Gasteiger partial charge in [-0.3, -0.25) is 13.9 Å². The number of aryl methyl sites for hydroxylation is 1. The van der Waals surface area contributed by atoms with Crippen LogP contribution in [0.2, 0.25) is 5.02 Å². The van der Waals surface area contributed by atoms with E-state index in [4.69, 9.17) is 16.3 Å². The summed E-state index contributed by atoms with van der Waals surface area (Å²) in [5, 5.41) is 3.61. The third kappa shape index (κ3) is 7.89. The van der Waals surface area contributed by atoms with Crippen LogP contribution in [0.25, 0.3) is 0 Å². The molecule has 2 amide bonds. The van der Waals surface area contributed by atoms with E-state index in [0.717, 1.165) is 42.0 Å². The fourth-order valence-corrected chi connectivity index (χ4v) is 7.08. The molecule has 0 aliphatic heterocycles. The van der Waals surface area contributed by atoms with Crippen molar-refractivity contribution in [2.75, 3.05) is 18.0 Å². The third-order valence-corrected chi connectivity index (χ3v) is 10.0. The van der Waals surface area contributed by atoms with Crippen molar-refractivity contribution in [1.29, 1.82) is 0 Å². The van der Waals surface area contributed by atoms with Gasteiger partial charge < -0.3 is 15.0 Å². The Morgan fingerprint density at radius 3 is 2.28 bits per heavy atom. The van der Waals surface area contributed by atoms with Crippen LogP contribution in [0.1, 0.15) is 56.6 Å². The lowest BCUT2D eigenvalue weighted by atomic mass is 9.95. The summed E-state index contributed by atoms with van der Waals surface area (Å²) in [5.41, 5.74) is 1.78. The van der Waals surface area contributed by atoms with Gasteiger partial charge in [-0.15, -0.1) is 0 Å². The van der Waals surface area contributed by atoms with Crippen molar-refractivity contribution in [3.05, 3.63) is 88.9 Å².